The maximum Gasteiger partial charge on any atom is 0.230 e. The summed E-state index contributed by atoms with van der Waals surface area (Å²) in [6.07, 6.45) is 3.66. The molecule has 0 radical (unpaired) electrons. The number of hydrogen-bond acceptors (Lipinski definition) is 2. The van der Waals surface area contributed by atoms with Gasteiger partial charge < -0.3 is 5.32 Å². The van der Waals surface area contributed by atoms with E-state index < -0.39 is 0 Å². The monoisotopic (exact) mass is 333 g/mol. The lowest BCUT2D eigenvalue weighted by Crippen LogP contribution is -2.44. The van der Waals surface area contributed by atoms with Crippen LogP contribution in [0.4, 0.5) is 0 Å². The van der Waals surface area contributed by atoms with Crippen molar-refractivity contribution in [3.05, 3.63) is 28.3 Å². The van der Waals surface area contributed by atoms with Gasteiger partial charge in [0.2, 0.25) is 5.91 Å². The minimum absolute atomic E-state index is 0.180. The van der Waals surface area contributed by atoms with E-state index in [0.717, 1.165) is 6.42 Å². The third-order valence-electron chi connectivity index (χ3n) is 5.70. The Balaban J connectivity index is 1.97. The highest BCUT2D eigenvalue weighted by molar-refractivity contribution is 8.00. The number of rotatable bonds is 4. The average Bonchev–Trinajstić information content (AvgIpc) is 2.50. The van der Waals surface area contributed by atoms with E-state index in [1.54, 1.807) is 11.8 Å². The standard InChI is InChI=1S/C20H31NOS/c1-12-8-7-9-18(15(12)4)21-19(22)11-23-20-16(5)13(2)10-14(3)17(20)6/h10,12,15,18H,7-9,11H2,1-6H3,(H,21,22)/t12-,15+,18+/m1/s1. The Hall–Kier alpha value is -0.960. The molecule has 128 valence electrons. The van der Waals surface area contributed by atoms with Crippen molar-refractivity contribution in [3.8, 4) is 0 Å². The van der Waals surface area contributed by atoms with Crippen molar-refractivity contribution in [3.63, 3.8) is 0 Å². The third-order valence-corrected chi connectivity index (χ3v) is 7.01. The quantitative estimate of drug-likeness (QED) is 0.790. The smallest absolute Gasteiger partial charge is 0.230 e. The van der Waals surface area contributed by atoms with Gasteiger partial charge in [-0.15, -0.1) is 11.8 Å². The molecule has 1 aromatic rings. The number of aryl methyl sites for hydroxylation is 2. The van der Waals surface area contributed by atoms with Gasteiger partial charge in [-0.2, -0.15) is 0 Å². The van der Waals surface area contributed by atoms with Crippen LogP contribution in [0.1, 0.15) is 55.4 Å². The summed E-state index contributed by atoms with van der Waals surface area (Å²) in [6.45, 7) is 13.2. The molecule has 1 aliphatic carbocycles. The van der Waals surface area contributed by atoms with Crippen molar-refractivity contribution < 1.29 is 4.79 Å². The summed E-state index contributed by atoms with van der Waals surface area (Å²) in [5.74, 6) is 1.99. The topological polar surface area (TPSA) is 29.1 Å². The van der Waals surface area contributed by atoms with E-state index in [-0.39, 0.29) is 5.91 Å². The van der Waals surface area contributed by atoms with Crippen molar-refractivity contribution >= 4 is 17.7 Å². The van der Waals surface area contributed by atoms with E-state index in [0.29, 0.717) is 23.6 Å². The van der Waals surface area contributed by atoms with Crippen molar-refractivity contribution in [2.75, 3.05) is 5.75 Å². The molecule has 3 heteroatoms. The SMILES string of the molecule is Cc1cc(C)c(C)c(SCC(=O)N[C@H]2CCC[C@@H](C)[C@@H]2C)c1C. The molecular formula is C20H31NOS. The molecule has 2 nitrogen and oxygen atoms in total. The fraction of sp³-hybridized carbons (Fsp3) is 0.650. The Kier molecular flexibility index (Phi) is 6.19. The van der Waals surface area contributed by atoms with Gasteiger partial charge in [0.25, 0.3) is 0 Å². The molecule has 0 saturated heterocycles. The first-order chi connectivity index (χ1) is 10.8. The van der Waals surface area contributed by atoms with Crippen LogP contribution in [-0.4, -0.2) is 17.7 Å². The Labute approximate surface area is 145 Å². The average molecular weight is 334 g/mol. The minimum Gasteiger partial charge on any atom is -0.352 e. The highest BCUT2D eigenvalue weighted by Gasteiger charge is 2.28. The molecular weight excluding hydrogens is 302 g/mol. The predicted molar refractivity (Wildman–Crippen MR) is 100 cm³/mol. The molecule has 1 N–H and O–H groups in total. The van der Waals surface area contributed by atoms with Crippen LogP contribution in [0.15, 0.2) is 11.0 Å². The van der Waals surface area contributed by atoms with Gasteiger partial charge in [-0.05, 0) is 68.2 Å². The Morgan fingerprint density at radius 3 is 2.35 bits per heavy atom. The lowest BCUT2D eigenvalue weighted by Gasteiger charge is -2.34. The fourth-order valence-corrected chi connectivity index (χ4v) is 4.68. The summed E-state index contributed by atoms with van der Waals surface area (Å²) in [5.41, 5.74) is 5.24. The molecule has 3 atom stereocenters. The molecule has 0 aromatic heterocycles. The van der Waals surface area contributed by atoms with Crippen LogP contribution in [0, 0.1) is 39.5 Å². The predicted octanol–water partition coefficient (Wildman–Crippen LogP) is 4.95. The first-order valence-corrected chi connectivity index (χ1v) is 9.79. The zero-order chi connectivity index (χ0) is 17.1. The van der Waals surface area contributed by atoms with E-state index in [1.165, 1.54) is 40.0 Å². The number of amides is 1. The van der Waals surface area contributed by atoms with Crippen molar-refractivity contribution in [1.82, 2.24) is 5.32 Å². The van der Waals surface area contributed by atoms with Crippen LogP contribution < -0.4 is 5.32 Å². The number of carbonyl (C=O) groups excluding carboxylic acids is 1. The zero-order valence-electron chi connectivity index (χ0n) is 15.5. The number of carbonyl (C=O) groups is 1. The van der Waals surface area contributed by atoms with E-state index >= 15 is 0 Å². The molecule has 0 unspecified atom stereocenters. The van der Waals surface area contributed by atoms with Gasteiger partial charge in [0, 0.05) is 10.9 Å². The van der Waals surface area contributed by atoms with Crippen LogP contribution >= 0.6 is 11.8 Å². The first-order valence-electron chi connectivity index (χ1n) is 8.80. The highest BCUT2D eigenvalue weighted by Crippen LogP contribution is 2.32. The van der Waals surface area contributed by atoms with E-state index in [2.05, 4.69) is 52.9 Å². The third kappa shape index (κ3) is 4.32. The van der Waals surface area contributed by atoms with Crippen molar-refractivity contribution in [1.29, 1.82) is 0 Å². The van der Waals surface area contributed by atoms with Gasteiger partial charge in [0.1, 0.15) is 0 Å². The Bertz CT molecular complexity index is 555. The lowest BCUT2D eigenvalue weighted by molar-refractivity contribution is -0.119. The van der Waals surface area contributed by atoms with Gasteiger partial charge in [-0.3, -0.25) is 4.79 Å². The van der Waals surface area contributed by atoms with E-state index in [4.69, 9.17) is 0 Å². The van der Waals surface area contributed by atoms with Gasteiger partial charge in [-0.25, -0.2) is 0 Å². The van der Waals surface area contributed by atoms with E-state index in [1.807, 2.05) is 0 Å². The molecule has 1 amide bonds. The Morgan fingerprint density at radius 2 is 1.74 bits per heavy atom. The maximum absolute atomic E-state index is 12.4. The largest absolute Gasteiger partial charge is 0.352 e. The van der Waals surface area contributed by atoms with E-state index in [9.17, 15) is 4.79 Å². The summed E-state index contributed by atoms with van der Waals surface area (Å²) in [7, 11) is 0. The molecule has 23 heavy (non-hydrogen) atoms. The molecule has 1 aromatic carbocycles. The van der Waals surface area contributed by atoms with Gasteiger partial charge in [0.15, 0.2) is 0 Å². The Morgan fingerprint density at radius 1 is 1.13 bits per heavy atom. The molecule has 0 aliphatic heterocycles. The molecule has 0 spiro atoms. The maximum atomic E-state index is 12.4. The van der Waals surface area contributed by atoms with Crippen LogP contribution in [0.5, 0.6) is 0 Å². The summed E-state index contributed by atoms with van der Waals surface area (Å²) >= 11 is 1.69. The first kappa shape index (κ1) is 18.4. The molecule has 1 aliphatic rings. The fourth-order valence-electron chi connectivity index (χ4n) is 3.57. The second kappa shape index (κ2) is 7.74. The van der Waals surface area contributed by atoms with Gasteiger partial charge in [0.05, 0.1) is 5.75 Å². The number of thioether (sulfide) groups is 1. The van der Waals surface area contributed by atoms with Crippen LogP contribution in [0.2, 0.25) is 0 Å². The zero-order valence-corrected chi connectivity index (χ0v) is 16.3. The normalized spacial score (nSPS) is 24.5. The molecule has 1 fully saturated rings. The van der Waals surface area contributed by atoms with Crippen LogP contribution in [0.3, 0.4) is 0 Å². The number of benzene rings is 1. The summed E-state index contributed by atoms with van der Waals surface area (Å²) < 4.78 is 0. The summed E-state index contributed by atoms with van der Waals surface area (Å²) in [6, 6.07) is 2.59. The second-order valence-corrected chi connectivity index (χ2v) is 8.31. The molecule has 0 bridgehead atoms. The molecule has 2 rings (SSSR count). The summed E-state index contributed by atoms with van der Waals surface area (Å²) in [4.78, 5) is 13.7. The number of nitrogens with one attached hydrogen (secondary N) is 1. The van der Waals surface area contributed by atoms with Crippen molar-refractivity contribution in [2.45, 2.75) is 71.7 Å². The molecule has 0 heterocycles. The second-order valence-electron chi connectivity index (χ2n) is 7.32. The van der Waals surface area contributed by atoms with Crippen molar-refractivity contribution in [2.24, 2.45) is 11.8 Å². The number of hydrogen-bond donors (Lipinski definition) is 1. The van der Waals surface area contributed by atoms with Crippen LogP contribution in [0.25, 0.3) is 0 Å². The minimum atomic E-state index is 0.180. The lowest BCUT2D eigenvalue weighted by atomic mass is 9.78. The summed E-state index contributed by atoms with van der Waals surface area (Å²) in [5, 5.41) is 3.28. The van der Waals surface area contributed by atoms with Gasteiger partial charge >= 0.3 is 0 Å². The van der Waals surface area contributed by atoms with Crippen LogP contribution in [-0.2, 0) is 4.79 Å². The van der Waals surface area contributed by atoms with Gasteiger partial charge in [-0.1, -0.05) is 32.8 Å². The molecule has 1 saturated carbocycles. The highest BCUT2D eigenvalue weighted by atomic mass is 32.2.